The van der Waals surface area contributed by atoms with Crippen molar-refractivity contribution in [2.75, 3.05) is 18.4 Å². The van der Waals surface area contributed by atoms with Crippen LogP contribution < -0.4 is 10.6 Å². The molecular weight excluding hydrogens is 484 g/mol. The van der Waals surface area contributed by atoms with Gasteiger partial charge < -0.3 is 5.32 Å². The summed E-state index contributed by atoms with van der Waals surface area (Å²) in [5, 5.41) is 9.87. The smallest absolute Gasteiger partial charge is 0.264 e. The maximum absolute atomic E-state index is 13.3. The highest BCUT2D eigenvalue weighted by Gasteiger charge is 2.45. The third-order valence-electron chi connectivity index (χ3n) is 7.59. The number of fused-ring (bicyclic) bond motifs is 1. The van der Waals surface area contributed by atoms with E-state index in [2.05, 4.69) is 45.8 Å². The molecule has 4 amide bonds. The Labute approximate surface area is 219 Å². The zero-order valence-electron chi connectivity index (χ0n) is 21.0. The maximum atomic E-state index is 13.3. The van der Waals surface area contributed by atoms with Gasteiger partial charge in [0.1, 0.15) is 6.04 Å². The van der Waals surface area contributed by atoms with Crippen molar-refractivity contribution >= 4 is 29.3 Å². The first kappa shape index (κ1) is 24.1. The Hall–Kier alpha value is -4.31. The van der Waals surface area contributed by atoms with E-state index in [4.69, 9.17) is 0 Å². The molecule has 0 spiro atoms. The Morgan fingerprint density at radius 1 is 1.05 bits per heavy atom. The molecule has 4 heterocycles. The number of rotatable bonds is 7. The predicted molar refractivity (Wildman–Crippen MR) is 138 cm³/mol. The highest BCUT2D eigenvalue weighted by Crippen LogP contribution is 2.33. The first-order valence-corrected chi connectivity index (χ1v) is 12.8. The van der Waals surface area contributed by atoms with Gasteiger partial charge in [-0.1, -0.05) is 24.3 Å². The highest BCUT2D eigenvalue weighted by molar-refractivity contribution is 6.25. The lowest BCUT2D eigenvalue weighted by Gasteiger charge is -2.39. The number of carbonyl (C=O) groups excluding carboxylic acids is 4. The van der Waals surface area contributed by atoms with Crippen LogP contribution in [0.5, 0.6) is 0 Å². The number of amides is 4. The van der Waals surface area contributed by atoms with Crippen molar-refractivity contribution < 1.29 is 19.2 Å². The Balaban J connectivity index is 1.11. The van der Waals surface area contributed by atoms with Gasteiger partial charge in [-0.2, -0.15) is 5.10 Å². The van der Waals surface area contributed by atoms with Crippen LogP contribution in [0.25, 0.3) is 0 Å². The van der Waals surface area contributed by atoms with E-state index in [0.717, 1.165) is 30.1 Å². The van der Waals surface area contributed by atoms with E-state index >= 15 is 0 Å². The first-order chi connectivity index (χ1) is 18.4. The molecule has 1 aromatic heterocycles. The minimum absolute atomic E-state index is 0.0902. The molecule has 2 saturated heterocycles. The molecule has 6 rings (SSSR count). The van der Waals surface area contributed by atoms with E-state index < -0.39 is 29.7 Å². The van der Waals surface area contributed by atoms with E-state index in [1.165, 1.54) is 11.1 Å². The molecule has 0 aliphatic carbocycles. The number of carbonyl (C=O) groups is 4. The third-order valence-corrected chi connectivity index (χ3v) is 7.59. The quantitative estimate of drug-likeness (QED) is 0.467. The molecule has 10 nitrogen and oxygen atoms in total. The second kappa shape index (κ2) is 9.53. The summed E-state index contributed by atoms with van der Waals surface area (Å²) >= 11 is 0. The molecule has 3 aliphatic rings. The number of hydrogen-bond donors (Lipinski definition) is 2. The molecule has 2 fully saturated rings. The molecule has 0 radical (unpaired) electrons. The molecule has 2 aromatic carbocycles. The summed E-state index contributed by atoms with van der Waals surface area (Å²) in [7, 11) is 0. The number of likely N-dealkylation sites (tertiary alicyclic amines) is 1. The molecule has 0 bridgehead atoms. The Bertz CT molecular complexity index is 1440. The van der Waals surface area contributed by atoms with Crippen LogP contribution in [0, 0.1) is 6.92 Å². The maximum Gasteiger partial charge on any atom is 0.264 e. The van der Waals surface area contributed by atoms with Crippen LogP contribution in [0.1, 0.15) is 56.3 Å². The summed E-state index contributed by atoms with van der Waals surface area (Å²) in [6.45, 7) is 5.42. The fourth-order valence-corrected chi connectivity index (χ4v) is 5.48. The van der Waals surface area contributed by atoms with Crippen molar-refractivity contribution in [3.05, 3.63) is 82.7 Å². The Morgan fingerprint density at radius 2 is 1.89 bits per heavy atom. The minimum atomic E-state index is -0.982. The number of nitrogens with one attached hydrogen (secondary N) is 2. The summed E-state index contributed by atoms with van der Waals surface area (Å²) in [5.74, 6) is -2.04. The fourth-order valence-electron chi connectivity index (χ4n) is 5.48. The van der Waals surface area contributed by atoms with Crippen LogP contribution in [-0.2, 0) is 22.7 Å². The Morgan fingerprint density at radius 3 is 2.63 bits per heavy atom. The molecule has 1 unspecified atom stereocenters. The van der Waals surface area contributed by atoms with Crippen molar-refractivity contribution in [3.63, 3.8) is 0 Å². The first-order valence-electron chi connectivity index (χ1n) is 12.8. The molecule has 2 N–H and O–H groups in total. The van der Waals surface area contributed by atoms with Crippen molar-refractivity contribution in [2.24, 2.45) is 0 Å². The zero-order chi connectivity index (χ0) is 26.4. The lowest BCUT2D eigenvalue weighted by Crippen LogP contribution is -2.54. The van der Waals surface area contributed by atoms with Gasteiger partial charge in [-0.15, -0.1) is 0 Å². The van der Waals surface area contributed by atoms with Crippen LogP contribution >= 0.6 is 0 Å². The zero-order valence-corrected chi connectivity index (χ0v) is 21.0. The number of aryl methyl sites for hydroxylation is 1. The number of anilines is 1. The fraction of sp³-hybridized carbons (Fsp3) is 0.321. The number of aromatic nitrogens is 2. The van der Waals surface area contributed by atoms with Gasteiger partial charge in [0.2, 0.25) is 11.8 Å². The Kier molecular flexibility index (Phi) is 6.03. The van der Waals surface area contributed by atoms with Crippen LogP contribution in [0.15, 0.2) is 54.9 Å². The molecule has 3 aromatic rings. The minimum Gasteiger partial charge on any atom is -0.380 e. The average Bonchev–Trinajstić information content (AvgIpc) is 3.48. The standard InChI is InChI=1S/C28H28N6O4/c1-17-12-18(6-7-19(17)14-32-15-20(16-32)33-11-3-10-30-33)13-29-22-5-2-4-21-25(22)28(38)34(27(21)37)23-8-9-24(35)31-26(23)36/h2-7,10-12,20,23,29H,8-9,13-16H2,1H3,(H,31,35,36). The van der Waals surface area contributed by atoms with Gasteiger partial charge in [0.15, 0.2) is 0 Å². The SMILES string of the molecule is Cc1cc(CNc2cccc3c2C(=O)N(C2CCC(=O)NC2=O)C3=O)ccc1CN1CC(n2cccn2)C1. The van der Waals surface area contributed by atoms with Gasteiger partial charge >= 0.3 is 0 Å². The number of piperidine rings is 1. The van der Waals surface area contributed by atoms with Crippen LogP contribution in [0.4, 0.5) is 5.69 Å². The summed E-state index contributed by atoms with van der Waals surface area (Å²) in [6, 6.07) is 12.8. The number of nitrogens with zero attached hydrogens (tertiary/aromatic N) is 4. The van der Waals surface area contributed by atoms with Crippen molar-refractivity contribution in [1.82, 2.24) is 24.9 Å². The van der Waals surface area contributed by atoms with Crippen molar-refractivity contribution in [1.29, 1.82) is 0 Å². The van der Waals surface area contributed by atoms with Gasteiger partial charge in [-0.3, -0.25) is 39.0 Å². The van der Waals surface area contributed by atoms with E-state index in [9.17, 15) is 19.2 Å². The van der Waals surface area contributed by atoms with Gasteiger partial charge in [0.05, 0.1) is 17.2 Å². The summed E-state index contributed by atoms with van der Waals surface area (Å²) in [6.07, 6.45) is 4.04. The van der Waals surface area contributed by atoms with Crippen molar-refractivity contribution in [3.8, 4) is 0 Å². The highest BCUT2D eigenvalue weighted by atomic mass is 16.2. The van der Waals surface area contributed by atoms with Crippen molar-refractivity contribution in [2.45, 2.75) is 44.9 Å². The number of imide groups is 2. The van der Waals surface area contributed by atoms with Gasteiger partial charge in [0.25, 0.3) is 11.8 Å². The van der Waals surface area contributed by atoms with Crippen LogP contribution in [-0.4, -0.2) is 62.3 Å². The molecule has 194 valence electrons. The summed E-state index contributed by atoms with van der Waals surface area (Å²) in [5.41, 5.74) is 4.59. The van der Waals surface area contributed by atoms with E-state index in [1.807, 2.05) is 23.1 Å². The number of hydrogen-bond acceptors (Lipinski definition) is 7. The monoisotopic (exact) mass is 512 g/mol. The molecule has 0 saturated carbocycles. The lowest BCUT2D eigenvalue weighted by molar-refractivity contribution is -0.136. The summed E-state index contributed by atoms with van der Waals surface area (Å²) < 4.78 is 2.01. The molecule has 10 heteroatoms. The van der Waals surface area contributed by atoms with Gasteiger partial charge in [0, 0.05) is 50.7 Å². The summed E-state index contributed by atoms with van der Waals surface area (Å²) in [4.78, 5) is 53.6. The predicted octanol–water partition coefficient (Wildman–Crippen LogP) is 2.26. The van der Waals surface area contributed by atoms with Gasteiger partial charge in [-0.25, -0.2) is 0 Å². The number of benzene rings is 2. The molecule has 3 aliphatic heterocycles. The van der Waals surface area contributed by atoms with Crippen LogP contribution in [0.3, 0.4) is 0 Å². The third kappa shape index (κ3) is 4.26. The largest absolute Gasteiger partial charge is 0.380 e. The molecule has 1 atom stereocenters. The second-order valence-corrected chi connectivity index (χ2v) is 10.1. The molecular formula is C28H28N6O4. The van der Waals surface area contributed by atoms with E-state index in [0.29, 0.717) is 18.3 Å². The van der Waals surface area contributed by atoms with E-state index in [-0.39, 0.29) is 24.0 Å². The normalized spacial score (nSPS) is 19.9. The average molecular weight is 513 g/mol. The topological polar surface area (TPSA) is 117 Å². The van der Waals surface area contributed by atoms with Crippen LogP contribution in [0.2, 0.25) is 0 Å². The van der Waals surface area contributed by atoms with Gasteiger partial charge in [-0.05, 0) is 48.2 Å². The van der Waals surface area contributed by atoms with E-state index in [1.54, 1.807) is 18.2 Å². The lowest BCUT2D eigenvalue weighted by atomic mass is 10.0. The molecule has 38 heavy (non-hydrogen) atoms. The second-order valence-electron chi connectivity index (χ2n) is 10.1.